The molecule has 2 aromatic rings. The minimum atomic E-state index is 0.833. The molecule has 0 unspecified atom stereocenters. The Hall–Kier alpha value is -1.16. The summed E-state index contributed by atoms with van der Waals surface area (Å²) in [6, 6.07) is 0. The van der Waals surface area contributed by atoms with E-state index in [1.165, 1.54) is 12.7 Å². The van der Waals surface area contributed by atoms with Crippen LogP contribution in [0.15, 0.2) is 40.4 Å². The van der Waals surface area contributed by atoms with Gasteiger partial charge in [-0.3, -0.25) is 4.98 Å². The van der Waals surface area contributed by atoms with E-state index in [1.54, 1.807) is 29.2 Å². The summed E-state index contributed by atoms with van der Waals surface area (Å²) in [6.45, 7) is 17.0. The molecule has 0 aliphatic carbocycles. The second-order valence-electron chi connectivity index (χ2n) is 4.82. The minimum Gasteiger partial charge on any atom is -0.452 e. The zero-order chi connectivity index (χ0) is 16.2. The normalized spacial score (nSPS) is 7.90. The molecular weight excluding hydrogens is 268 g/mol. The highest BCUT2D eigenvalue weighted by Crippen LogP contribution is 1.86. The van der Waals surface area contributed by atoms with Crippen LogP contribution in [0.5, 0.6) is 0 Å². The van der Waals surface area contributed by atoms with Gasteiger partial charge in [0.2, 0.25) is 0 Å². The van der Waals surface area contributed by atoms with Gasteiger partial charge < -0.3 is 4.42 Å². The number of oxazole rings is 1. The van der Waals surface area contributed by atoms with Crippen LogP contribution < -0.4 is 0 Å². The average Bonchev–Trinajstić information content (AvgIpc) is 3.09. The van der Waals surface area contributed by atoms with Crippen LogP contribution in [0, 0.1) is 11.8 Å². The third kappa shape index (κ3) is 54.1. The maximum Gasteiger partial charge on any atom is 0.180 e. The lowest BCUT2D eigenvalue weighted by molar-refractivity contribution is 0.558. The first-order valence-corrected chi connectivity index (χ1v) is 8.05. The number of hydrogen-bond acceptors (Lipinski definition) is 4. The van der Waals surface area contributed by atoms with Gasteiger partial charge in [-0.15, -0.1) is 11.3 Å². The van der Waals surface area contributed by atoms with E-state index in [9.17, 15) is 0 Å². The van der Waals surface area contributed by atoms with Crippen LogP contribution in [0.3, 0.4) is 0 Å². The van der Waals surface area contributed by atoms with Gasteiger partial charge in [-0.2, -0.15) is 0 Å². The van der Waals surface area contributed by atoms with Crippen LogP contribution in [0.4, 0.5) is 0 Å². The quantitative estimate of drug-likeness (QED) is 0.584. The van der Waals surface area contributed by atoms with Gasteiger partial charge >= 0.3 is 0 Å². The molecule has 118 valence electrons. The molecule has 0 atom stereocenters. The summed E-state index contributed by atoms with van der Waals surface area (Å²) >= 11 is 1.60. The van der Waals surface area contributed by atoms with Crippen LogP contribution in [0.2, 0.25) is 0 Å². The molecule has 0 amide bonds. The van der Waals surface area contributed by atoms with Gasteiger partial charge in [-0.25, -0.2) is 4.98 Å². The third-order valence-electron chi connectivity index (χ3n) is 0.694. The van der Waals surface area contributed by atoms with E-state index >= 15 is 0 Å². The number of hydrogen-bond donors (Lipinski definition) is 0. The number of thiazole rings is 1. The van der Waals surface area contributed by atoms with E-state index in [0.717, 1.165) is 11.8 Å². The van der Waals surface area contributed by atoms with Gasteiger partial charge in [0.1, 0.15) is 6.26 Å². The molecule has 0 N–H and O–H groups in total. The monoisotopic (exact) mass is 300 g/mol. The maximum atomic E-state index is 4.47. The van der Waals surface area contributed by atoms with Gasteiger partial charge in [-0.1, -0.05) is 55.4 Å². The zero-order valence-electron chi connectivity index (χ0n) is 14.3. The van der Waals surface area contributed by atoms with Crippen molar-refractivity contribution < 1.29 is 4.42 Å². The lowest BCUT2D eigenvalue weighted by Crippen LogP contribution is -1.66. The van der Waals surface area contributed by atoms with Crippen molar-refractivity contribution in [2.45, 2.75) is 55.4 Å². The zero-order valence-corrected chi connectivity index (χ0v) is 15.1. The number of aromatic nitrogens is 2. The first-order chi connectivity index (χ1) is 9.46. The van der Waals surface area contributed by atoms with Crippen molar-refractivity contribution in [1.29, 1.82) is 0 Å². The van der Waals surface area contributed by atoms with E-state index in [4.69, 9.17) is 0 Å². The molecule has 0 radical (unpaired) electrons. The molecule has 2 heterocycles. The first-order valence-electron chi connectivity index (χ1n) is 7.11. The Labute approximate surface area is 129 Å². The fourth-order valence-corrected chi connectivity index (χ4v) is 0.703. The van der Waals surface area contributed by atoms with Gasteiger partial charge in [0.05, 0.1) is 11.7 Å². The highest BCUT2D eigenvalue weighted by atomic mass is 32.1. The minimum absolute atomic E-state index is 0.833. The lowest BCUT2D eigenvalue weighted by Gasteiger charge is -1.79. The summed E-state index contributed by atoms with van der Waals surface area (Å²) in [6.07, 6.45) is 6.24. The molecule has 0 spiro atoms. The second-order valence-corrected chi connectivity index (χ2v) is 5.57. The van der Waals surface area contributed by atoms with E-state index in [0.29, 0.717) is 0 Å². The third-order valence-corrected chi connectivity index (χ3v) is 1.22. The van der Waals surface area contributed by atoms with Crippen LogP contribution in [0.1, 0.15) is 55.4 Å². The Kier molecular flexibility index (Phi) is 27.4. The molecule has 2 aromatic heterocycles. The van der Waals surface area contributed by atoms with Gasteiger partial charge in [-0.05, 0) is 11.8 Å². The van der Waals surface area contributed by atoms with Gasteiger partial charge in [0, 0.05) is 11.6 Å². The summed E-state index contributed by atoms with van der Waals surface area (Å²) < 4.78 is 4.47. The largest absolute Gasteiger partial charge is 0.452 e. The Bertz CT molecular complexity index is 220. The van der Waals surface area contributed by atoms with Crippen molar-refractivity contribution in [2.75, 3.05) is 0 Å². The Morgan fingerprint density at radius 2 is 1.35 bits per heavy atom. The van der Waals surface area contributed by atoms with Crippen molar-refractivity contribution in [3.63, 3.8) is 0 Å². The molecule has 2 rings (SSSR count). The molecule has 0 aliphatic heterocycles. The molecule has 0 aliphatic rings. The predicted octanol–water partition coefficient (Wildman–Crippen LogP) is 6.17. The van der Waals surface area contributed by atoms with Crippen molar-refractivity contribution in [3.8, 4) is 0 Å². The smallest absolute Gasteiger partial charge is 0.180 e. The van der Waals surface area contributed by atoms with E-state index in [1.807, 2.05) is 19.2 Å². The van der Waals surface area contributed by atoms with Crippen LogP contribution in [-0.2, 0) is 0 Å². The van der Waals surface area contributed by atoms with E-state index < -0.39 is 0 Å². The van der Waals surface area contributed by atoms with Crippen molar-refractivity contribution in [2.24, 2.45) is 11.8 Å². The van der Waals surface area contributed by atoms with Gasteiger partial charge in [0.25, 0.3) is 0 Å². The highest BCUT2D eigenvalue weighted by molar-refractivity contribution is 7.07. The molecule has 0 fully saturated rings. The predicted molar refractivity (Wildman–Crippen MR) is 91.0 cm³/mol. The second kappa shape index (κ2) is 23.0. The fraction of sp³-hybridized carbons (Fsp3) is 0.625. The van der Waals surface area contributed by atoms with Crippen molar-refractivity contribution in [1.82, 2.24) is 9.97 Å². The van der Waals surface area contributed by atoms with Crippen LogP contribution in [0.25, 0.3) is 0 Å². The van der Waals surface area contributed by atoms with Crippen molar-refractivity contribution >= 4 is 11.3 Å². The Morgan fingerprint density at radius 1 is 0.850 bits per heavy atom. The molecule has 0 saturated heterocycles. The molecule has 0 aromatic carbocycles. The van der Waals surface area contributed by atoms with E-state index in [2.05, 4.69) is 55.9 Å². The average molecular weight is 301 g/mol. The lowest BCUT2D eigenvalue weighted by atomic mass is 10.3. The molecule has 0 bridgehead atoms. The molecule has 3 nitrogen and oxygen atoms in total. The SMILES string of the molecule is CC.CC(C)C.CC(C)C.c1cocn1.c1cscn1. The van der Waals surface area contributed by atoms with E-state index in [-0.39, 0.29) is 0 Å². The Balaban J connectivity index is -0.000000187. The summed E-state index contributed by atoms with van der Waals surface area (Å²) in [5.74, 6) is 1.67. The maximum absolute atomic E-state index is 4.47. The first kappa shape index (κ1) is 23.9. The van der Waals surface area contributed by atoms with Crippen LogP contribution >= 0.6 is 11.3 Å². The summed E-state index contributed by atoms with van der Waals surface area (Å²) in [4.78, 5) is 7.30. The fourth-order valence-electron chi connectivity index (χ4n) is 0.351. The highest BCUT2D eigenvalue weighted by Gasteiger charge is 1.68. The van der Waals surface area contributed by atoms with Crippen molar-refractivity contribution in [3.05, 3.63) is 35.9 Å². The summed E-state index contributed by atoms with van der Waals surface area (Å²) in [5.41, 5.74) is 1.79. The number of rotatable bonds is 0. The summed E-state index contributed by atoms with van der Waals surface area (Å²) in [7, 11) is 0. The molecule has 4 heteroatoms. The molecule has 0 saturated carbocycles. The molecular formula is C16H32N2OS. The number of nitrogens with zero attached hydrogens (tertiary/aromatic N) is 2. The topological polar surface area (TPSA) is 38.9 Å². The molecule has 20 heavy (non-hydrogen) atoms. The van der Waals surface area contributed by atoms with Gasteiger partial charge in [0.15, 0.2) is 6.39 Å². The standard InChI is InChI=1S/2C4H10.C3H3NO.C3H3NS.C2H6/c2*1-4(2)3;2*1-2-5-3-4-1;1-2/h2*4H,1-3H3;2*1-3H;1-2H3. The summed E-state index contributed by atoms with van der Waals surface area (Å²) in [5, 5.41) is 1.93. The van der Waals surface area contributed by atoms with Crippen LogP contribution in [-0.4, -0.2) is 9.97 Å². The Morgan fingerprint density at radius 3 is 1.45 bits per heavy atom.